The van der Waals surface area contributed by atoms with Gasteiger partial charge >= 0.3 is 12.1 Å². The van der Waals surface area contributed by atoms with Crippen molar-refractivity contribution in [2.24, 2.45) is 0 Å². The van der Waals surface area contributed by atoms with Crippen LogP contribution in [0.2, 0.25) is 5.02 Å². The summed E-state index contributed by atoms with van der Waals surface area (Å²) in [5.74, 6) is 0. The second-order valence-corrected chi connectivity index (χ2v) is 8.50. The number of nitrogens with zero attached hydrogens (tertiary/aromatic N) is 2. The first-order chi connectivity index (χ1) is 14.3. The molecule has 4 N–H and O–H groups in total. The van der Waals surface area contributed by atoms with Gasteiger partial charge in [0, 0.05) is 31.1 Å². The molecule has 0 aromatic carbocycles. The van der Waals surface area contributed by atoms with Crippen molar-refractivity contribution >= 4 is 29.4 Å². The normalized spacial score (nSPS) is 23.9. The lowest BCUT2D eigenvalue weighted by Crippen LogP contribution is -2.48. The molecule has 1 aliphatic heterocycles. The van der Waals surface area contributed by atoms with Crippen molar-refractivity contribution in [3.05, 3.63) is 21.6 Å². The van der Waals surface area contributed by atoms with E-state index < -0.39 is 11.7 Å². The summed E-state index contributed by atoms with van der Waals surface area (Å²) < 4.78 is 5.55. The van der Waals surface area contributed by atoms with Crippen molar-refractivity contribution in [3.63, 3.8) is 0 Å². The number of alkyl carbamates (subject to hydrolysis) is 1. The summed E-state index contributed by atoms with van der Waals surface area (Å²) >= 11 is 6.05. The van der Waals surface area contributed by atoms with Gasteiger partial charge in [0.15, 0.2) is 0 Å². The van der Waals surface area contributed by atoms with Crippen LogP contribution in [0.1, 0.15) is 46.0 Å². The number of hydrogen-bond donors (Lipinski definition) is 4. The van der Waals surface area contributed by atoms with Gasteiger partial charge in [0.25, 0.3) is 5.56 Å². The first kappa shape index (κ1) is 22.2. The summed E-state index contributed by atoms with van der Waals surface area (Å²) in [6.07, 6.45) is 4.62. The smallest absolute Gasteiger partial charge is 0.407 e. The molecule has 0 spiro atoms. The molecule has 1 atom stereocenters. The summed E-state index contributed by atoms with van der Waals surface area (Å²) in [6.45, 7) is 4.92. The molecule has 2 aliphatic rings. The summed E-state index contributed by atoms with van der Waals surface area (Å²) in [5, 5.41) is 14.9. The summed E-state index contributed by atoms with van der Waals surface area (Å²) in [7, 11) is 0. The summed E-state index contributed by atoms with van der Waals surface area (Å²) in [4.78, 5) is 37.6. The van der Waals surface area contributed by atoms with E-state index in [2.05, 4.69) is 26.1 Å². The number of H-pyrrole nitrogens is 1. The zero-order valence-corrected chi connectivity index (χ0v) is 18.0. The van der Waals surface area contributed by atoms with Crippen LogP contribution in [0.25, 0.3) is 0 Å². The van der Waals surface area contributed by atoms with Crippen LogP contribution in [0.5, 0.6) is 0 Å². The van der Waals surface area contributed by atoms with Gasteiger partial charge in [-0.2, -0.15) is 5.10 Å². The first-order valence-electron chi connectivity index (χ1n) is 10.3. The molecule has 1 saturated heterocycles. The maximum Gasteiger partial charge on any atom is 0.407 e. The lowest BCUT2D eigenvalue weighted by molar-refractivity contribution is 0.102. The van der Waals surface area contributed by atoms with E-state index in [0.717, 1.165) is 25.7 Å². The predicted molar refractivity (Wildman–Crippen MR) is 113 cm³/mol. The number of urea groups is 1. The Morgan fingerprint density at radius 3 is 2.53 bits per heavy atom. The molecule has 30 heavy (non-hydrogen) atoms. The number of anilines is 1. The van der Waals surface area contributed by atoms with Gasteiger partial charge in [-0.3, -0.25) is 4.79 Å². The standard InChI is InChI=1S/C19H29ClN6O4/c1-11(2)22-18(28)23-12-3-5-13(6-4-12)24-19(29)30-14-7-8-26(10-14)15-9-21-25-17(27)16(15)20/h9,11-14H,3-8,10H2,1-2H3,(H,24,29)(H,25,27)(H2,22,23,28)/t12?,13?,14-/m1/s1. The lowest BCUT2D eigenvalue weighted by Gasteiger charge is -2.30. The van der Waals surface area contributed by atoms with Crippen LogP contribution in [-0.2, 0) is 4.74 Å². The molecular weight excluding hydrogens is 412 g/mol. The lowest BCUT2D eigenvalue weighted by atomic mass is 9.91. The third-order valence-electron chi connectivity index (χ3n) is 5.34. The Kier molecular flexibility index (Phi) is 7.41. The van der Waals surface area contributed by atoms with Crippen LogP contribution in [0.3, 0.4) is 0 Å². The number of carbonyl (C=O) groups excluding carboxylic acids is 2. The van der Waals surface area contributed by atoms with Crippen molar-refractivity contribution in [1.82, 2.24) is 26.1 Å². The third-order valence-corrected chi connectivity index (χ3v) is 5.71. The highest BCUT2D eigenvalue weighted by Gasteiger charge is 2.29. The molecule has 1 saturated carbocycles. The Morgan fingerprint density at radius 2 is 1.87 bits per heavy atom. The van der Waals surface area contributed by atoms with Gasteiger partial charge in [-0.25, -0.2) is 14.7 Å². The largest absolute Gasteiger partial charge is 0.444 e. The molecule has 166 valence electrons. The minimum absolute atomic E-state index is 0.0348. The van der Waals surface area contributed by atoms with E-state index in [1.165, 1.54) is 6.20 Å². The Labute approximate surface area is 180 Å². The van der Waals surface area contributed by atoms with Crippen molar-refractivity contribution < 1.29 is 14.3 Å². The van der Waals surface area contributed by atoms with E-state index in [4.69, 9.17) is 16.3 Å². The zero-order chi connectivity index (χ0) is 21.7. The highest BCUT2D eigenvalue weighted by Crippen LogP contribution is 2.26. The van der Waals surface area contributed by atoms with E-state index in [1.807, 2.05) is 18.7 Å². The molecule has 2 fully saturated rings. The molecule has 1 aromatic rings. The van der Waals surface area contributed by atoms with Gasteiger partial charge in [-0.15, -0.1) is 0 Å². The van der Waals surface area contributed by atoms with Gasteiger partial charge < -0.3 is 25.6 Å². The van der Waals surface area contributed by atoms with Crippen LogP contribution in [0, 0.1) is 0 Å². The quantitative estimate of drug-likeness (QED) is 0.552. The minimum Gasteiger partial charge on any atom is -0.444 e. The predicted octanol–water partition coefficient (Wildman–Crippen LogP) is 1.75. The van der Waals surface area contributed by atoms with Gasteiger partial charge in [0.2, 0.25) is 0 Å². The highest BCUT2D eigenvalue weighted by molar-refractivity contribution is 6.33. The fourth-order valence-electron chi connectivity index (χ4n) is 3.86. The van der Waals surface area contributed by atoms with Crippen molar-refractivity contribution in [3.8, 4) is 0 Å². The second kappa shape index (κ2) is 10.0. The Bertz CT molecular complexity index is 808. The topological polar surface area (TPSA) is 128 Å². The molecule has 10 nitrogen and oxygen atoms in total. The fourth-order valence-corrected chi connectivity index (χ4v) is 4.07. The van der Waals surface area contributed by atoms with E-state index in [-0.39, 0.29) is 35.3 Å². The summed E-state index contributed by atoms with van der Waals surface area (Å²) in [6, 6.07) is 0.0996. The molecule has 2 heterocycles. The average Bonchev–Trinajstić information content (AvgIpc) is 3.13. The Hall–Kier alpha value is -2.49. The van der Waals surface area contributed by atoms with E-state index in [0.29, 0.717) is 25.2 Å². The maximum absolute atomic E-state index is 12.3. The van der Waals surface area contributed by atoms with Gasteiger partial charge in [-0.1, -0.05) is 11.6 Å². The molecule has 1 aliphatic carbocycles. The molecule has 0 unspecified atom stereocenters. The van der Waals surface area contributed by atoms with Crippen LogP contribution in [0.4, 0.5) is 15.3 Å². The molecule has 0 bridgehead atoms. The number of amides is 3. The van der Waals surface area contributed by atoms with Crippen molar-refractivity contribution in [2.45, 2.75) is 70.2 Å². The second-order valence-electron chi connectivity index (χ2n) is 8.13. The average molecular weight is 441 g/mol. The molecule has 1 aromatic heterocycles. The number of hydrogen-bond acceptors (Lipinski definition) is 6. The van der Waals surface area contributed by atoms with Gasteiger partial charge in [0.1, 0.15) is 11.1 Å². The Balaban J connectivity index is 1.39. The van der Waals surface area contributed by atoms with Crippen LogP contribution >= 0.6 is 11.6 Å². The zero-order valence-electron chi connectivity index (χ0n) is 17.2. The van der Waals surface area contributed by atoms with Crippen molar-refractivity contribution in [1.29, 1.82) is 0 Å². The minimum atomic E-state index is -0.442. The van der Waals surface area contributed by atoms with E-state index in [9.17, 15) is 14.4 Å². The maximum atomic E-state index is 12.3. The first-order valence-corrected chi connectivity index (χ1v) is 10.7. The number of rotatable bonds is 5. The SMILES string of the molecule is CC(C)NC(=O)NC1CCC(NC(=O)O[C@@H]2CCN(c3cn[nH]c(=O)c3Cl)C2)CC1. The Morgan fingerprint density at radius 1 is 1.20 bits per heavy atom. The number of carbonyl (C=O) groups is 2. The number of nitrogens with one attached hydrogen (secondary N) is 4. The van der Waals surface area contributed by atoms with Gasteiger partial charge in [0.05, 0.1) is 18.4 Å². The number of ether oxygens (including phenoxy) is 1. The molecule has 3 rings (SSSR count). The molecule has 11 heteroatoms. The molecular formula is C19H29ClN6O4. The van der Waals surface area contributed by atoms with Crippen LogP contribution in [0.15, 0.2) is 11.0 Å². The van der Waals surface area contributed by atoms with Crippen molar-refractivity contribution in [2.75, 3.05) is 18.0 Å². The van der Waals surface area contributed by atoms with E-state index >= 15 is 0 Å². The van der Waals surface area contributed by atoms with E-state index in [1.54, 1.807) is 0 Å². The molecule has 3 amide bonds. The van der Waals surface area contributed by atoms with Crippen LogP contribution in [-0.4, -0.2) is 59.6 Å². The van der Waals surface area contributed by atoms with Crippen LogP contribution < -0.4 is 26.4 Å². The number of aromatic nitrogens is 2. The fraction of sp³-hybridized carbons (Fsp3) is 0.684. The highest BCUT2D eigenvalue weighted by atomic mass is 35.5. The number of halogens is 1. The van der Waals surface area contributed by atoms with Gasteiger partial charge in [-0.05, 0) is 39.5 Å². The third kappa shape index (κ3) is 6.01. The molecule has 0 radical (unpaired) electrons. The monoisotopic (exact) mass is 440 g/mol. The summed E-state index contributed by atoms with van der Waals surface area (Å²) in [5.41, 5.74) is 0.0994. The number of aromatic amines is 1.